The first kappa shape index (κ1) is 16.5. The SMILES string of the molecule is CCOC(=O)c1cccnc1SCCCc1cc(CC)no1. The molecule has 0 aliphatic heterocycles. The summed E-state index contributed by atoms with van der Waals surface area (Å²) in [5, 5.41) is 4.69. The van der Waals surface area contributed by atoms with Crippen molar-refractivity contribution >= 4 is 17.7 Å². The smallest absolute Gasteiger partial charge is 0.340 e. The van der Waals surface area contributed by atoms with Gasteiger partial charge in [0.15, 0.2) is 0 Å². The molecule has 0 aliphatic carbocycles. The zero-order chi connectivity index (χ0) is 15.8. The van der Waals surface area contributed by atoms with Crippen molar-refractivity contribution in [3.63, 3.8) is 0 Å². The zero-order valence-electron chi connectivity index (χ0n) is 12.9. The van der Waals surface area contributed by atoms with Crippen molar-refractivity contribution < 1.29 is 14.1 Å². The number of ether oxygens (including phenoxy) is 1. The third-order valence-electron chi connectivity index (χ3n) is 3.04. The van der Waals surface area contributed by atoms with Gasteiger partial charge in [-0.05, 0) is 37.7 Å². The second kappa shape index (κ2) is 8.58. The lowest BCUT2D eigenvalue weighted by Crippen LogP contribution is -2.07. The van der Waals surface area contributed by atoms with Crippen molar-refractivity contribution in [1.82, 2.24) is 10.1 Å². The van der Waals surface area contributed by atoms with Gasteiger partial charge in [-0.3, -0.25) is 0 Å². The maximum atomic E-state index is 11.9. The summed E-state index contributed by atoms with van der Waals surface area (Å²) in [5.74, 6) is 1.44. The zero-order valence-corrected chi connectivity index (χ0v) is 13.7. The fourth-order valence-electron chi connectivity index (χ4n) is 1.93. The van der Waals surface area contributed by atoms with Gasteiger partial charge in [0, 0.05) is 18.7 Å². The Bertz CT molecular complexity index is 613. The summed E-state index contributed by atoms with van der Waals surface area (Å²) < 4.78 is 10.3. The monoisotopic (exact) mass is 320 g/mol. The molecule has 0 saturated carbocycles. The van der Waals surface area contributed by atoms with Crippen LogP contribution in [0.5, 0.6) is 0 Å². The average Bonchev–Trinajstić information content (AvgIpc) is 3.00. The van der Waals surface area contributed by atoms with E-state index in [0.717, 1.165) is 36.5 Å². The Balaban J connectivity index is 1.85. The molecule has 0 atom stereocenters. The molecule has 2 aromatic rings. The molecule has 0 unspecified atom stereocenters. The van der Waals surface area contributed by atoms with E-state index in [-0.39, 0.29) is 5.97 Å². The number of esters is 1. The molecular weight excluding hydrogens is 300 g/mol. The maximum absolute atomic E-state index is 11.9. The van der Waals surface area contributed by atoms with Crippen molar-refractivity contribution in [3.8, 4) is 0 Å². The highest BCUT2D eigenvalue weighted by atomic mass is 32.2. The van der Waals surface area contributed by atoms with Crippen molar-refractivity contribution in [2.75, 3.05) is 12.4 Å². The summed E-state index contributed by atoms with van der Waals surface area (Å²) in [6.45, 7) is 4.21. The van der Waals surface area contributed by atoms with Gasteiger partial charge in [0.1, 0.15) is 10.8 Å². The molecule has 0 spiro atoms. The molecule has 5 nitrogen and oxygen atoms in total. The summed E-state index contributed by atoms with van der Waals surface area (Å²) in [6, 6.07) is 5.49. The molecule has 118 valence electrons. The summed E-state index contributed by atoms with van der Waals surface area (Å²) in [7, 11) is 0. The highest BCUT2D eigenvalue weighted by Crippen LogP contribution is 2.22. The first-order valence-corrected chi connectivity index (χ1v) is 8.42. The standard InChI is InChI=1S/C16H20N2O3S/c1-3-12-11-13(21-18-12)7-6-10-22-15-14(8-5-9-17-15)16(19)20-4-2/h5,8-9,11H,3-4,6-7,10H2,1-2H3. The van der Waals surface area contributed by atoms with Gasteiger partial charge in [-0.1, -0.05) is 12.1 Å². The van der Waals surface area contributed by atoms with E-state index >= 15 is 0 Å². The lowest BCUT2D eigenvalue weighted by Gasteiger charge is -2.06. The van der Waals surface area contributed by atoms with Crippen LogP contribution in [0.1, 0.15) is 42.1 Å². The van der Waals surface area contributed by atoms with Crippen molar-refractivity contribution in [1.29, 1.82) is 0 Å². The van der Waals surface area contributed by atoms with Crippen molar-refractivity contribution in [2.45, 2.75) is 38.1 Å². The summed E-state index contributed by atoms with van der Waals surface area (Å²) in [6.07, 6.45) is 4.34. The number of nitrogens with zero attached hydrogens (tertiary/aromatic N) is 2. The van der Waals surface area contributed by atoms with Gasteiger partial charge in [-0.25, -0.2) is 9.78 Å². The van der Waals surface area contributed by atoms with E-state index in [4.69, 9.17) is 9.26 Å². The predicted octanol–water partition coefficient (Wildman–Crippen LogP) is 3.53. The molecule has 0 amide bonds. The number of pyridine rings is 1. The molecule has 0 N–H and O–H groups in total. The van der Waals surface area contributed by atoms with E-state index in [2.05, 4.69) is 17.1 Å². The fourth-order valence-corrected chi connectivity index (χ4v) is 2.85. The van der Waals surface area contributed by atoms with E-state index in [1.807, 2.05) is 6.07 Å². The van der Waals surface area contributed by atoms with Gasteiger partial charge in [-0.2, -0.15) is 0 Å². The topological polar surface area (TPSA) is 65.2 Å². The fraction of sp³-hybridized carbons (Fsp3) is 0.438. The molecule has 22 heavy (non-hydrogen) atoms. The predicted molar refractivity (Wildman–Crippen MR) is 85.1 cm³/mol. The Labute approximate surface area is 134 Å². The molecular formula is C16H20N2O3S. The first-order valence-electron chi connectivity index (χ1n) is 7.44. The number of thioether (sulfide) groups is 1. The van der Waals surface area contributed by atoms with Crippen molar-refractivity contribution in [3.05, 3.63) is 41.4 Å². The van der Waals surface area contributed by atoms with Gasteiger partial charge in [0.25, 0.3) is 0 Å². The summed E-state index contributed by atoms with van der Waals surface area (Å²) in [4.78, 5) is 16.1. The molecule has 0 bridgehead atoms. The van der Waals surface area contributed by atoms with Gasteiger partial charge in [-0.15, -0.1) is 11.8 Å². The number of aromatic nitrogens is 2. The van der Waals surface area contributed by atoms with E-state index < -0.39 is 0 Å². The molecule has 0 radical (unpaired) electrons. The van der Waals surface area contributed by atoms with Crippen LogP contribution in [0, 0.1) is 0 Å². The van der Waals surface area contributed by atoms with Crippen LogP contribution in [0.15, 0.2) is 33.9 Å². The van der Waals surface area contributed by atoms with Gasteiger partial charge >= 0.3 is 5.97 Å². The summed E-state index contributed by atoms with van der Waals surface area (Å²) >= 11 is 1.56. The second-order valence-corrected chi connectivity index (χ2v) is 5.75. The minimum Gasteiger partial charge on any atom is -0.462 e. The highest BCUT2D eigenvalue weighted by molar-refractivity contribution is 7.99. The first-order chi connectivity index (χ1) is 10.7. The molecule has 2 heterocycles. The summed E-state index contributed by atoms with van der Waals surface area (Å²) in [5.41, 5.74) is 1.51. The van der Waals surface area contributed by atoms with Gasteiger partial charge in [0.2, 0.25) is 0 Å². The van der Waals surface area contributed by atoms with Crippen LogP contribution in [0.25, 0.3) is 0 Å². The normalized spacial score (nSPS) is 10.6. The molecule has 6 heteroatoms. The number of hydrogen-bond donors (Lipinski definition) is 0. The maximum Gasteiger partial charge on any atom is 0.340 e. The van der Waals surface area contributed by atoms with E-state index in [1.165, 1.54) is 0 Å². The minimum absolute atomic E-state index is 0.319. The lowest BCUT2D eigenvalue weighted by atomic mass is 10.2. The Morgan fingerprint density at radius 2 is 2.27 bits per heavy atom. The number of carbonyl (C=O) groups excluding carboxylic acids is 1. The second-order valence-electron chi connectivity index (χ2n) is 4.67. The molecule has 2 aromatic heterocycles. The Kier molecular flexibility index (Phi) is 6.45. The molecule has 0 fully saturated rings. The number of rotatable bonds is 8. The highest BCUT2D eigenvalue weighted by Gasteiger charge is 2.13. The Hall–Kier alpha value is -1.82. The van der Waals surface area contributed by atoms with Crippen molar-refractivity contribution in [2.24, 2.45) is 0 Å². The van der Waals surface area contributed by atoms with Gasteiger partial charge < -0.3 is 9.26 Å². The van der Waals surface area contributed by atoms with Crippen LogP contribution in [0.3, 0.4) is 0 Å². The van der Waals surface area contributed by atoms with Crippen LogP contribution in [-0.4, -0.2) is 28.5 Å². The van der Waals surface area contributed by atoms with E-state index in [1.54, 1.807) is 37.0 Å². The van der Waals surface area contributed by atoms with Crippen LogP contribution in [0.2, 0.25) is 0 Å². The molecule has 2 rings (SSSR count). The lowest BCUT2D eigenvalue weighted by molar-refractivity contribution is 0.0521. The number of hydrogen-bond acceptors (Lipinski definition) is 6. The number of carbonyl (C=O) groups is 1. The molecule has 0 saturated heterocycles. The van der Waals surface area contributed by atoms with Crippen LogP contribution in [0.4, 0.5) is 0 Å². The third-order valence-corrected chi connectivity index (χ3v) is 4.13. The van der Waals surface area contributed by atoms with Crippen LogP contribution < -0.4 is 0 Å². The van der Waals surface area contributed by atoms with Crippen LogP contribution in [-0.2, 0) is 17.6 Å². The Morgan fingerprint density at radius 1 is 1.41 bits per heavy atom. The largest absolute Gasteiger partial charge is 0.462 e. The van der Waals surface area contributed by atoms with E-state index in [9.17, 15) is 4.79 Å². The van der Waals surface area contributed by atoms with Crippen LogP contribution >= 0.6 is 11.8 Å². The molecule has 0 aliphatic rings. The third kappa shape index (κ3) is 4.59. The minimum atomic E-state index is -0.319. The number of aryl methyl sites for hydroxylation is 2. The van der Waals surface area contributed by atoms with E-state index in [0.29, 0.717) is 17.2 Å². The van der Waals surface area contributed by atoms with Gasteiger partial charge in [0.05, 0.1) is 17.9 Å². The molecule has 0 aromatic carbocycles. The average molecular weight is 320 g/mol. The quantitative estimate of drug-likeness (QED) is 0.421. The Morgan fingerprint density at radius 3 is 3.00 bits per heavy atom.